The quantitative estimate of drug-likeness (QED) is 0.838. The molecule has 1 aliphatic rings. The lowest BCUT2D eigenvalue weighted by Gasteiger charge is -2.34. The zero-order chi connectivity index (χ0) is 16.2. The van der Waals surface area contributed by atoms with Crippen molar-refractivity contribution in [3.8, 4) is 0 Å². The van der Waals surface area contributed by atoms with Crippen molar-refractivity contribution in [3.63, 3.8) is 0 Å². The molecule has 0 spiro atoms. The van der Waals surface area contributed by atoms with Gasteiger partial charge in [-0.05, 0) is 29.7 Å². The fourth-order valence-electron chi connectivity index (χ4n) is 3.23. The molecule has 0 aliphatic carbocycles. The SMILES string of the molecule is CO[C@H](c1ccc(F)cc1)[C@@H](c1ccccc1)N1CCCC1=O. The number of ether oxygens (including phenoxy) is 1. The van der Waals surface area contributed by atoms with Crippen molar-refractivity contribution in [3.05, 3.63) is 71.5 Å². The molecule has 4 heteroatoms. The number of likely N-dealkylation sites (tertiary alicyclic amines) is 1. The van der Waals surface area contributed by atoms with Crippen molar-refractivity contribution >= 4 is 5.91 Å². The van der Waals surface area contributed by atoms with Gasteiger partial charge in [-0.3, -0.25) is 4.79 Å². The average molecular weight is 313 g/mol. The monoisotopic (exact) mass is 313 g/mol. The van der Waals surface area contributed by atoms with Crippen LogP contribution < -0.4 is 0 Å². The van der Waals surface area contributed by atoms with Crippen LogP contribution in [0.5, 0.6) is 0 Å². The van der Waals surface area contributed by atoms with Gasteiger partial charge in [0.2, 0.25) is 5.91 Å². The zero-order valence-electron chi connectivity index (χ0n) is 13.1. The molecule has 1 fully saturated rings. The van der Waals surface area contributed by atoms with E-state index in [4.69, 9.17) is 4.74 Å². The van der Waals surface area contributed by atoms with Gasteiger partial charge in [-0.2, -0.15) is 0 Å². The molecule has 3 nitrogen and oxygen atoms in total. The third-order valence-corrected chi connectivity index (χ3v) is 4.33. The third kappa shape index (κ3) is 3.27. The summed E-state index contributed by atoms with van der Waals surface area (Å²) in [4.78, 5) is 14.2. The van der Waals surface area contributed by atoms with Crippen LogP contribution in [0.15, 0.2) is 54.6 Å². The van der Waals surface area contributed by atoms with Crippen molar-refractivity contribution in [2.45, 2.75) is 25.0 Å². The van der Waals surface area contributed by atoms with Crippen LogP contribution in [0, 0.1) is 5.82 Å². The van der Waals surface area contributed by atoms with Crippen LogP contribution in [0.3, 0.4) is 0 Å². The molecule has 0 bridgehead atoms. The Morgan fingerprint density at radius 1 is 1.04 bits per heavy atom. The number of carbonyl (C=O) groups excluding carboxylic acids is 1. The van der Waals surface area contributed by atoms with Gasteiger partial charge in [0.15, 0.2) is 0 Å². The highest BCUT2D eigenvalue weighted by Crippen LogP contribution is 2.38. The standard InChI is InChI=1S/C19H20FNO2/c1-23-19(15-9-11-16(20)12-10-15)18(14-6-3-2-4-7-14)21-13-5-8-17(21)22/h2-4,6-7,9-12,18-19H,5,8,13H2,1H3/t18-,19-/m1/s1. The largest absolute Gasteiger partial charge is 0.374 e. The summed E-state index contributed by atoms with van der Waals surface area (Å²) in [7, 11) is 1.63. The minimum atomic E-state index is -0.333. The van der Waals surface area contributed by atoms with Gasteiger partial charge in [0.1, 0.15) is 11.9 Å². The Morgan fingerprint density at radius 2 is 1.74 bits per heavy atom. The first-order chi connectivity index (χ1) is 11.2. The normalized spacial score (nSPS) is 17.3. The second kappa shape index (κ2) is 6.92. The minimum Gasteiger partial charge on any atom is -0.374 e. The number of nitrogens with zero attached hydrogens (tertiary/aromatic N) is 1. The summed E-state index contributed by atoms with van der Waals surface area (Å²) in [5.74, 6) is -0.139. The third-order valence-electron chi connectivity index (χ3n) is 4.33. The number of hydrogen-bond donors (Lipinski definition) is 0. The molecule has 120 valence electrons. The Bertz CT molecular complexity index is 657. The Labute approximate surface area is 135 Å². The molecule has 1 amide bonds. The van der Waals surface area contributed by atoms with E-state index in [0.717, 1.165) is 24.1 Å². The molecule has 2 aromatic rings. The number of benzene rings is 2. The van der Waals surface area contributed by atoms with E-state index in [0.29, 0.717) is 6.42 Å². The Hall–Kier alpha value is -2.20. The van der Waals surface area contributed by atoms with Gasteiger partial charge in [-0.1, -0.05) is 42.5 Å². The summed E-state index contributed by atoms with van der Waals surface area (Å²) in [6.07, 6.45) is 1.10. The maximum Gasteiger partial charge on any atom is 0.223 e. The number of methoxy groups -OCH3 is 1. The van der Waals surface area contributed by atoms with Crippen LogP contribution in [0.4, 0.5) is 4.39 Å². The summed E-state index contributed by atoms with van der Waals surface area (Å²) in [5.41, 5.74) is 1.89. The van der Waals surface area contributed by atoms with Crippen molar-refractivity contribution in [2.75, 3.05) is 13.7 Å². The predicted octanol–water partition coefficient (Wildman–Crippen LogP) is 3.88. The molecule has 2 aromatic carbocycles. The van der Waals surface area contributed by atoms with E-state index in [1.807, 2.05) is 35.2 Å². The Morgan fingerprint density at radius 3 is 2.30 bits per heavy atom. The summed E-state index contributed by atoms with van der Waals surface area (Å²) < 4.78 is 19.0. The maximum absolute atomic E-state index is 13.2. The fourth-order valence-corrected chi connectivity index (χ4v) is 3.23. The lowest BCUT2D eigenvalue weighted by atomic mass is 9.94. The van der Waals surface area contributed by atoms with Gasteiger partial charge in [-0.25, -0.2) is 4.39 Å². The molecule has 23 heavy (non-hydrogen) atoms. The number of rotatable bonds is 5. The topological polar surface area (TPSA) is 29.5 Å². The second-order valence-electron chi connectivity index (χ2n) is 5.75. The molecule has 0 radical (unpaired) electrons. The summed E-state index contributed by atoms with van der Waals surface area (Å²) in [6, 6.07) is 16.0. The first kappa shape index (κ1) is 15.7. The number of halogens is 1. The van der Waals surface area contributed by atoms with E-state index in [1.54, 1.807) is 19.2 Å². The highest BCUT2D eigenvalue weighted by atomic mass is 19.1. The van der Waals surface area contributed by atoms with Gasteiger partial charge in [-0.15, -0.1) is 0 Å². The lowest BCUT2D eigenvalue weighted by Crippen LogP contribution is -2.34. The van der Waals surface area contributed by atoms with Crippen LogP contribution >= 0.6 is 0 Å². The molecular weight excluding hydrogens is 293 g/mol. The van der Waals surface area contributed by atoms with Crippen LogP contribution in [0.25, 0.3) is 0 Å². The van der Waals surface area contributed by atoms with Gasteiger partial charge < -0.3 is 9.64 Å². The smallest absolute Gasteiger partial charge is 0.223 e. The Balaban J connectivity index is 2.02. The lowest BCUT2D eigenvalue weighted by molar-refractivity contribution is -0.133. The molecule has 0 saturated carbocycles. The molecule has 0 unspecified atom stereocenters. The van der Waals surface area contributed by atoms with Gasteiger partial charge in [0.25, 0.3) is 0 Å². The number of amides is 1. The van der Waals surface area contributed by atoms with E-state index in [9.17, 15) is 9.18 Å². The summed E-state index contributed by atoms with van der Waals surface area (Å²) in [5, 5.41) is 0. The molecule has 1 saturated heterocycles. The van der Waals surface area contributed by atoms with E-state index < -0.39 is 0 Å². The van der Waals surface area contributed by atoms with Crippen molar-refractivity contribution < 1.29 is 13.9 Å². The first-order valence-electron chi connectivity index (χ1n) is 7.83. The van der Waals surface area contributed by atoms with E-state index >= 15 is 0 Å². The average Bonchev–Trinajstić information content (AvgIpc) is 3.00. The van der Waals surface area contributed by atoms with Crippen molar-refractivity contribution in [2.24, 2.45) is 0 Å². The molecular formula is C19H20FNO2. The molecule has 1 heterocycles. The molecule has 1 aliphatic heterocycles. The predicted molar refractivity (Wildman–Crippen MR) is 86.3 cm³/mol. The van der Waals surface area contributed by atoms with Crippen molar-refractivity contribution in [1.29, 1.82) is 0 Å². The summed E-state index contributed by atoms with van der Waals surface area (Å²) >= 11 is 0. The highest BCUT2D eigenvalue weighted by molar-refractivity contribution is 5.78. The van der Waals surface area contributed by atoms with Gasteiger partial charge in [0, 0.05) is 20.1 Å². The van der Waals surface area contributed by atoms with Crippen LogP contribution in [-0.2, 0) is 9.53 Å². The van der Waals surface area contributed by atoms with Crippen LogP contribution in [0.2, 0.25) is 0 Å². The second-order valence-corrected chi connectivity index (χ2v) is 5.75. The van der Waals surface area contributed by atoms with Gasteiger partial charge in [0.05, 0.1) is 6.04 Å². The van der Waals surface area contributed by atoms with Crippen molar-refractivity contribution in [1.82, 2.24) is 4.90 Å². The van der Waals surface area contributed by atoms with Crippen LogP contribution in [0.1, 0.15) is 36.1 Å². The van der Waals surface area contributed by atoms with Gasteiger partial charge >= 0.3 is 0 Å². The van der Waals surface area contributed by atoms with Crippen LogP contribution in [-0.4, -0.2) is 24.5 Å². The highest BCUT2D eigenvalue weighted by Gasteiger charge is 2.35. The maximum atomic E-state index is 13.2. The molecule has 0 aromatic heterocycles. The minimum absolute atomic E-state index is 0.142. The van der Waals surface area contributed by atoms with E-state index in [-0.39, 0.29) is 23.9 Å². The fraction of sp³-hybridized carbons (Fsp3) is 0.316. The first-order valence-corrected chi connectivity index (χ1v) is 7.83. The molecule has 0 N–H and O–H groups in total. The summed E-state index contributed by atoms with van der Waals surface area (Å²) in [6.45, 7) is 0.722. The number of hydrogen-bond acceptors (Lipinski definition) is 2. The van der Waals surface area contributed by atoms with E-state index in [2.05, 4.69) is 0 Å². The zero-order valence-corrected chi connectivity index (χ0v) is 13.1. The molecule has 3 rings (SSSR count). The van der Waals surface area contributed by atoms with E-state index in [1.165, 1.54) is 12.1 Å². The molecule has 2 atom stereocenters. The Kier molecular flexibility index (Phi) is 4.72. The number of carbonyl (C=O) groups is 1.